The van der Waals surface area contributed by atoms with E-state index in [1.54, 1.807) is 0 Å². The van der Waals surface area contributed by atoms with Gasteiger partial charge in [0.2, 0.25) is 0 Å². The molecule has 1 N–H and O–H groups in total. The Balaban J connectivity index is 2.09. The summed E-state index contributed by atoms with van der Waals surface area (Å²) in [4.78, 5) is 11.3. The van der Waals surface area contributed by atoms with Crippen molar-refractivity contribution in [2.24, 2.45) is 0 Å². The average molecular weight is 339 g/mol. The first-order valence-corrected chi connectivity index (χ1v) is 7.59. The van der Waals surface area contributed by atoms with Crippen molar-refractivity contribution < 1.29 is 35.7 Å². The molecule has 1 heterocycles. The molecule has 1 amide bonds. The fourth-order valence-electron chi connectivity index (χ4n) is 2.03. The predicted molar refractivity (Wildman–Crippen MR) is 67.7 cm³/mol. The number of nitrogens with zero attached hydrogens (tertiary/aromatic N) is 1. The highest BCUT2D eigenvalue weighted by Gasteiger charge is 2.33. The second-order valence-electron chi connectivity index (χ2n) is 4.71. The van der Waals surface area contributed by atoms with E-state index < -0.39 is 39.0 Å². The van der Waals surface area contributed by atoms with Crippen molar-refractivity contribution in [3.63, 3.8) is 0 Å². The fraction of sp³-hybridized carbons (Fsp3) is 0.417. The number of benzene rings is 1. The predicted octanol–water partition coefficient (Wildman–Crippen LogP) is 2.16. The van der Waals surface area contributed by atoms with Crippen molar-refractivity contribution in [3.05, 3.63) is 29.8 Å². The maximum atomic E-state index is 12.4. The molecule has 0 bridgehead atoms. The Morgan fingerprint density at radius 1 is 1.27 bits per heavy atom. The van der Waals surface area contributed by atoms with Crippen LogP contribution in [0.4, 0.5) is 18.0 Å². The molecule has 1 atom stereocenters. The molecule has 0 aromatic heterocycles. The lowest BCUT2D eigenvalue weighted by Crippen LogP contribution is -2.29. The van der Waals surface area contributed by atoms with Crippen molar-refractivity contribution in [2.75, 3.05) is 13.1 Å². The third kappa shape index (κ3) is 3.69. The van der Waals surface area contributed by atoms with Crippen LogP contribution in [0.15, 0.2) is 29.2 Å². The molecule has 1 unspecified atom stereocenters. The molecule has 122 valence electrons. The van der Waals surface area contributed by atoms with E-state index in [2.05, 4.69) is 0 Å². The van der Waals surface area contributed by atoms with Gasteiger partial charge in [-0.25, -0.2) is 4.79 Å². The van der Waals surface area contributed by atoms with Gasteiger partial charge in [-0.05, 0) is 30.7 Å². The molecule has 2 rings (SSSR count). The lowest BCUT2D eigenvalue weighted by Gasteiger charge is -2.13. The summed E-state index contributed by atoms with van der Waals surface area (Å²) in [5, 5.41) is 8.77. The molecular formula is C12H12F3NO5S. The minimum Gasteiger partial charge on any atom is -0.465 e. The van der Waals surface area contributed by atoms with Crippen LogP contribution in [0, 0.1) is 0 Å². The number of hydrogen-bond donors (Lipinski definition) is 1. The van der Waals surface area contributed by atoms with E-state index in [0.717, 1.165) is 17.0 Å². The van der Waals surface area contributed by atoms with E-state index >= 15 is 0 Å². The summed E-state index contributed by atoms with van der Waals surface area (Å²) in [6.45, 7) is 0.0394. The maximum Gasteiger partial charge on any atom is 0.416 e. The SMILES string of the molecule is O=C(O)N1CCC(OS(=O)(=O)c2ccc(C(F)(F)F)cc2)C1. The number of amides is 1. The number of rotatable bonds is 3. The Morgan fingerprint density at radius 2 is 1.86 bits per heavy atom. The largest absolute Gasteiger partial charge is 0.465 e. The van der Waals surface area contributed by atoms with E-state index in [0.29, 0.717) is 12.1 Å². The number of hydrogen-bond acceptors (Lipinski definition) is 4. The van der Waals surface area contributed by atoms with Gasteiger partial charge in [-0.1, -0.05) is 0 Å². The molecule has 0 saturated carbocycles. The van der Waals surface area contributed by atoms with Gasteiger partial charge in [0.25, 0.3) is 10.1 Å². The summed E-state index contributed by atoms with van der Waals surface area (Å²) in [6.07, 6.45) is -6.38. The fourth-order valence-corrected chi connectivity index (χ4v) is 3.12. The molecule has 0 spiro atoms. The molecule has 6 nitrogen and oxygen atoms in total. The van der Waals surface area contributed by atoms with Crippen LogP contribution in [0.25, 0.3) is 0 Å². The van der Waals surface area contributed by atoms with E-state index in [4.69, 9.17) is 9.29 Å². The van der Waals surface area contributed by atoms with Crippen LogP contribution >= 0.6 is 0 Å². The second kappa shape index (κ2) is 5.76. The zero-order valence-corrected chi connectivity index (χ0v) is 11.9. The number of halogens is 3. The van der Waals surface area contributed by atoms with E-state index in [-0.39, 0.29) is 19.5 Å². The molecule has 1 aromatic rings. The standard InChI is InChI=1S/C12H12F3NO5S/c13-12(14,15)8-1-3-10(4-2-8)22(19,20)21-9-5-6-16(7-9)11(17)18/h1-4,9H,5-7H2,(H,17,18). The van der Waals surface area contributed by atoms with Gasteiger partial charge in [0, 0.05) is 6.54 Å². The van der Waals surface area contributed by atoms with Gasteiger partial charge in [-0.15, -0.1) is 0 Å². The van der Waals surface area contributed by atoms with Crippen LogP contribution in [0.1, 0.15) is 12.0 Å². The van der Waals surface area contributed by atoms with Crippen LogP contribution in [0.3, 0.4) is 0 Å². The highest BCUT2D eigenvalue weighted by molar-refractivity contribution is 7.86. The second-order valence-corrected chi connectivity index (χ2v) is 6.28. The molecular weight excluding hydrogens is 327 g/mol. The number of likely N-dealkylation sites (tertiary alicyclic amines) is 1. The molecule has 0 radical (unpaired) electrons. The molecule has 1 aromatic carbocycles. The maximum absolute atomic E-state index is 12.4. The van der Waals surface area contributed by atoms with Gasteiger partial charge in [0.05, 0.1) is 23.1 Å². The van der Waals surface area contributed by atoms with Crippen molar-refractivity contribution in [1.82, 2.24) is 4.90 Å². The Kier molecular flexibility index (Phi) is 4.34. The lowest BCUT2D eigenvalue weighted by atomic mass is 10.2. The Labute approximate surface area is 124 Å². The van der Waals surface area contributed by atoms with Gasteiger partial charge >= 0.3 is 12.3 Å². The molecule has 1 saturated heterocycles. The highest BCUT2D eigenvalue weighted by atomic mass is 32.2. The van der Waals surface area contributed by atoms with Crippen molar-refractivity contribution >= 4 is 16.2 Å². The third-order valence-corrected chi connectivity index (χ3v) is 4.52. The average Bonchev–Trinajstić information content (AvgIpc) is 2.86. The van der Waals surface area contributed by atoms with Crippen LogP contribution < -0.4 is 0 Å². The number of carboxylic acid groups (broad SMARTS) is 1. The number of alkyl halides is 3. The topological polar surface area (TPSA) is 83.9 Å². The summed E-state index contributed by atoms with van der Waals surface area (Å²) < 4.78 is 66.1. The van der Waals surface area contributed by atoms with E-state index in [1.165, 1.54) is 0 Å². The van der Waals surface area contributed by atoms with E-state index in [9.17, 15) is 26.4 Å². The summed E-state index contributed by atoms with van der Waals surface area (Å²) in [7, 11) is -4.24. The van der Waals surface area contributed by atoms with Crippen molar-refractivity contribution in [2.45, 2.75) is 23.6 Å². The monoisotopic (exact) mass is 339 g/mol. The Hall–Kier alpha value is -1.81. The van der Waals surface area contributed by atoms with Crippen LogP contribution in [0.5, 0.6) is 0 Å². The van der Waals surface area contributed by atoms with Crippen molar-refractivity contribution in [1.29, 1.82) is 0 Å². The Bertz CT molecular complexity index is 656. The third-order valence-electron chi connectivity index (χ3n) is 3.15. The zero-order chi connectivity index (χ0) is 16.5. The molecule has 1 fully saturated rings. The molecule has 1 aliphatic rings. The lowest BCUT2D eigenvalue weighted by molar-refractivity contribution is -0.137. The molecule has 1 aliphatic heterocycles. The van der Waals surface area contributed by atoms with Gasteiger partial charge < -0.3 is 10.0 Å². The van der Waals surface area contributed by atoms with Gasteiger partial charge in [0.15, 0.2) is 0 Å². The van der Waals surface area contributed by atoms with Gasteiger partial charge in [0.1, 0.15) is 0 Å². The number of carbonyl (C=O) groups is 1. The smallest absolute Gasteiger partial charge is 0.416 e. The quantitative estimate of drug-likeness (QED) is 0.853. The molecule has 22 heavy (non-hydrogen) atoms. The summed E-state index contributed by atoms with van der Waals surface area (Å²) in [6, 6.07) is 2.91. The Morgan fingerprint density at radius 3 is 2.32 bits per heavy atom. The first-order valence-electron chi connectivity index (χ1n) is 6.18. The minimum atomic E-state index is -4.56. The zero-order valence-electron chi connectivity index (χ0n) is 11.1. The minimum absolute atomic E-state index is 0.102. The van der Waals surface area contributed by atoms with Crippen molar-refractivity contribution in [3.8, 4) is 0 Å². The van der Waals surface area contributed by atoms with Crippen LogP contribution in [0.2, 0.25) is 0 Å². The van der Waals surface area contributed by atoms with Crippen LogP contribution in [-0.4, -0.2) is 43.7 Å². The van der Waals surface area contributed by atoms with Gasteiger partial charge in [-0.2, -0.15) is 21.6 Å². The van der Waals surface area contributed by atoms with Gasteiger partial charge in [-0.3, -0.25) is 4.18 Å². The van der Waals surface area contributed by atoms with E-state index in [1.807, 2.05) is 0 Å². The summed E-state index contributed by atoms with van der Waals surface area (Å²) >= 11 is 0. The summed E-state index contributed by atoms with van der Waals surface area (Å²) in [5.41, 5.74) is -0.968. The van der Waals surface area contributed by atoms with Crippen LogP contribution in [-0.2, 0) is 20.5 Å². The first kappa shape index (κ1) is 16.6. The summed E-state index contributed by atoms with van der Waals surface area (Å²) in [5.74, 6) is 0. The molecule has 0 aliphatic carbocycles. The molecule has 10 heteroatoms. The highest BCUT2D eigenvalue weighted by Crippen LogP contribution is 2.30. The normalized spacial score (nSPS) is 19.4. The first-order chi connectivity index (χ1) is 10.1.